The summed E-state index contributed by atoms with van der Waals surface area (Å²) < 4.78 is 117. The molecular weight excluding hydrogens is 614 g/mol. The molecule has 0 bridgehead atoms. The van der Waals surface area contributed by atoms with Crippen LogP contribution in [-0.2, 0) is 28.2 Å². The average molecular weight is 650 g/mol. The molecule has 2 atom stereocenters. The SMILES string of the molecule is CN1CCN(Cc2ccc(C(F)(F)C3C[C@@H](C(=O)NC4(C#N)CC4)N(C(=O)C4(C(F)(F)F)CC4)C3)c(C(F)(F)F)c2)C(C)(C)C1. The highest BCUT2D eigenvalue weighted by molar-refractivity contribution is 5.93. The van der Waals surface area contributed by atoms with E-state index in [0.29, 0.717) is 36.7 Å². The third-order valence-electron chi connectivity index (χ3n) is 9.79. The molecule has 2 heterocycles. The van der Waals surface area contributed by atoms with Gasteiger partial charge in [-0.2, -0.15) is 31.6 Å². The number of likely N-dealkylation sites (tertiary alicyclic amines) is 1. The predicted molar refractivity (Wildman–Crippen MR) is 144 cm³/mol. The summed E-state index contributed by atoms with van der Waals surface area (Å²) in [5.41, 5.74) is -7.35. The summed E-state index contributed by atoms with van der Waals surface area (Å²) in [5.74, 6) is -9.01. The quantitative estimate of drug-likeness (QED) is 0.419. The molecule has 4 aliphatic rings. The maximum Gasteiger partial charge on any atom is 0.416 e. The van der Waals surface area contributed by atoms with E-state index >= 15 is 8.78 Å². The molecule has 2 amide bonds. The van der Waals surface area contributed by atoms with Gasteiger partial charge in [0.1, 0.15) is 17.0 Å². The van der Waals surface area contributed by atoms with Crippen molar-refractivity contribution < 1.29 is 44.7 Å². The highest BCUT2D eigenvalue weighted by Gasteiger charge is 2.71. The smallest absolute Gasteiger partial charge is 0.336 e. The first kappa shape index (κ1) is 33.4. The van der Waals surface area contributed by atoms with Crippen LogP contribution < -0.4 is 5.32 Å². The van der Waals surface area contributed by atoms with Crippen LogP contribution in [0.1, 0.15) is 62.6 Å². The molecule has 1 N–H and O–H groups in total. The number of piperazine rings is 1. The molecular formula is C30H35F8N5O2. The molecule has 45 heavy (non-hydrogen) atoms. The molecule has 0 aromatic heterocycles. The third-order valence-corrected chi connectivity index (χ3v) is 9.79. The van der Waals surface area contributed by atoms with E-state index < -0.39 is 95.5 Å². The van der Waals surface area contributed by atoms with Gasteiger partial charge >= 0.3 is 12.4 Å². The van der Waals surface area contributed by atoms with Crippen molar-refractivity contribution in [2.45, 2.75) is 87.9 Å². The molecule has 0 spiro atoms. The highest BCUT2D eigenvalue weighted by Crippen LogP contribution is 2.60. The number of nitrogens with zero attached hydrogens (tertiary/aromatic N) is 4. The minimum absolute atomic E-state index is 0.0733. The van der Waals surface area contributed by atoms with Gasteiger partial charge in [-0.25, -0.2) is 8.78 Å². The summed E-state index contributed by atoms with van der Waals surface area (Å²) >= 11 is 0. The Morgan fingerprint density at radius 1 is 1.00 bits per heavy atom. The van der Waals surface area contributed by atoms with Gasteiger partial charge in [-0.15, -0.1) is 0 Å². The molecule has 1 unspecified atom stereocenters. The molecule has 2 aliphatic heterocycles. The van der Waals surface area contributed by atoms with E-state index in [0.717, 1.165) is 0 Å². The van der Waals surface area contributed by atoms with Gasteiger partial charge in [0.25, 0.3) is 5.92 Å². The standard InChI is InChI=1S/C30H35F8N5O2/c1-25(2)17-41(3)10-11-42(25)14-18-4-5-20(21(12-18)29(33,34)35)28(31,32)19-13-22(23(44)40-26(16-39)6-7-26)43(15-19)24(45)27(8-9-27)30(36,37)38/h4-5,12,19,22H,6-11,13-15,17H2,1-3H3,(H,40,44)/t19?,22-/m0/s1. The Kier molecular flexibility index (Phi) is 8.00. The van der Waals surface area contributed by atoms with E-state index in [2.05, 4.69) is 10.2 Å². The van der Waals surface area contributed by atoms with Gasteiger partial charge in [0.2, 0.25) is 11.8 Å². The Morgan fingerprint density at radius 2 is 1.64 bits per heavy atom. The maximum absolute atomic E-state index is 16.2. The summed E-state index contributed by atoms with van der Waals surface area (Å²) in [6, 6.07) is 2.59. The summed E-state index contributed by atoms with van der Waals surface area (Å²) in [4.78, 5) is 30.8. The van der Waals surface area contributed by atoms with E-state index in [4.69, 9.17) is 0 Å². The minimum atomic E-state index is -5.20. The van der Waals surface area contributed by atoms with Crippen molar-refractivity contribution in [3.05, 3.63) is 34.9 Å². The van der Waals surface area contributed by atoms with E-state index in [1.165, 1.54) is 6.07 Å². The summed E-state index contributed by atoms with van der Waals surface area (Å²) in [6.45, 7) is 4.74. The van der Waals surface area contributed by atoms with E-state index in [9.17, 15) is 41.2 Å². The van der Waals surface area contributed by atoms with Gasteiger partial charge in [-0.3, -0.25) is 14.5 Å². The van der Waals surface area contributed by atoms with Crippen molar-refractivity contribution in [3.8, 4) is 6.07 Å². The fraction of sp³-hybridized carbons (Fsp3) is 0.700. The number of amides is 2. The first-order chi connectivity index (χ1) is 20.7. The normalized spacial score (nSPS) is 26.3. The van der Waals surface area contributed by atoms with E-state index in [1.807, 2.05) is 31.9 Å². The second-order valence-electron chi connectivity index (χ2n) is 13.6. The fourth-order valence-electron chi connectivity index (χ4n) is 6.68. The summed E-state index contributed by atoms with van der Waals surface area (Å²) in [5, 5.41) is 11.7. The Hall–Kier alpha value is -2.99. The zero-order valence-electron chi connectivity index (χ0n) is 25.1. The molecule has 248 valence electrons. The molecule has 7 nitrogen and oxygen atoms in total. The Balaban J connectivity index is 1.46. The minimum Gasteiger partial charge on any atom is -0.336 e. The number of rotatable bonds is 7. The van der Waals surface area contributed by atoms with Crippen molar-refractivity contribution in [3.63, 3.8) is 0 Å². The number of nitriles is 1. The molecule has 4 fully saturated rings. The molecule has 2 saturated heterocycles. The van der Waals surface area contributed by atoms with E-state index in [1.54, 1.807) is 0 Å². The van der Waals surface area contributed by atoms with Gasteiger partial charge in [0, 0.05) is 49.7 Å². The van der Waals surface area contributed by atoms with Gasteiger partial charge in [0.05, 0.1) is 11.6 Å². The lowest BCUT2D eigenvalue weighted by molar-refractivity contribution is -0.199. The Morgan fingerprint density at radius 3 is 2.16 bits per heavy atom. The van der Waals surface area contributed by atoms with Crippen molar-refractivity contribution in [2.24, 2.45) is 11.3 Å². The van der Waals surface area contributed by atoms with Crippen molar-refractivity contribution in [1.29, 1.82) is 5.26 Å². The van der Waals surface area contributed by atoms with Gasteiger partial charge < -0.3 is 15.1 Å². The molecule has 15 heteroatoms. The number of carbonyl (C=O) groups excluding carboxylic acids is 2. The number of benzene rings is 1. The molecule has 5 rings (SSSR count). The number of nitrogens with one attached hydrogen (secondary N) is 1. The van der Waals surface area contributed by atoms with Crippen LogP contribution in [0.15, 0.2) is 18.2 Å². The zero-order chi connectivity index (χ0) is 33.4. The fourth-order valence-corrected chi connectivity index (χ4v) is 6.68. The van der Waals surface area contributed by atoms with Crippen molar-refractivity contribution in [1.82, 2.24) is 20.0 Å². The number of likely N-dealkylation sites (N-methyl/N-ethyl adjacent to an activating group) is 1. The lowest BCUT2D eigenvalue weighted by atomic mass is 9.88. The zero-order valence-corrected chi connectivity index (χ0v) is 25.1. The topological polar surface area (TPSA) is 79.7 Å². The van der Waals surface area contributed by atoms with Crippen LogP contribution >= 0.6 is 0 Å². The van der Waals surface area contributed by atoms with Crippen LogP contribution in [0.25, 0.3) is 0 Å². The highest BCUT2D eigenvalue weighted by atomic mass is 19.4. The van der Waals surface area contributed by atoms with Crippen molar-refractivity contribution in [2.75, 3.05) is 33.2 Å². The molecule has 2 aliphatic carbocycles. The van der Waals surface area contributed by atoms with E-state index in [-0.39, 0.29) is 24.9 Å². The summed E-state index contributed by atoms with van der Waals surface area (Å²) in [7, 11) is 1.92. The molecule has 2 saturated carbocycles. The monoisotopic (exact) mass is 649 g/mol. The van der Waals surface area contributed by atoms with Crippen LogP contribution in [0, 0.1) is 22.7 Å². The molecule has 1 aromatic carbocycles. The summed E-state index contributed by atoms with van der Waals surface area (Å²) in [6.07, 6.45) is -11.8. The van der Waals surface area contributed by atoms with Crippen LogP contribution in [-0.4, -0.2) is 83.0 Å². The number of hydrogen-bond acceptors (Lipinski definition) is 5. The lowest BCUT2D eigenvalue weighted by Crippen LogP contribution is -2.57. The van der Waals surface area contributed by atoms with Gasteiger partial charge in [-0.1, -0.05) is 12.1 Å². The second kappa shape index (κ2) is 10.8. The second-order valence-corrected chi connectivity index (χ2v) is 13.6. The van der Waals surface area contributed by atoms with Gasteiger partial charge in [0.15, 0.2) is 0 Å². The third kappa shape index (κ3) is 6.12. The van der Waals surface area contributed by atoms with Crippen molar-refractivity contribution >= 4 is 11.8 Å². The first-order valence-corrected chi connectivity index (χ1v) is 14.8. The number of carbonyl (C=O) groups is 2. The Bertz CT molecular complexity index is 1390. The van der Waals surface area contributed by atoms with Crippen LogP contribution in [0.5, 0.6) is 0 Å². The maximum atomic E-state index is 16.2. The van der Waals surface area contributed by atoms with Crippen LogP contribution in [0.4, 0.5) is 35.1 Å². The lowest BCUT2D eigenvalue weighted by Gasteiger charge is -2.46. The number of hydrogen-bond donors (Lipinski definition) is 1. The average Bonchev–Trinajstić information content (AvgIpc) is 3.85. The molecule has 0 radical (unpaired) electrons. The predicted octanol–water partition coefficient (Wildman–Crippen LogP) is 5.06. The molecule has 1 aromatic rings. The first-order valence-electron chi connectivity index (χ1n) is 14.8. The number of halogens is 8. The number of alkyl halides is 8. The Labute approximate surface area is 255 Å². The largest absolute Gasteiger partial charge is 0.416 e. The van der Waals surface area contributed by atoms with Crippen LogP contribution in [0.2, 0.25) is 0 Å². The van der Waals surface area contributed by atoms with Gasteiger partial charge in [-0.05, 0) is 64.6 Å². The van der Waals surface area contributed by atoms with Crippen LogP contribution in [0.3, 0.4) is 0 Å².